The Morgan fingerprint density at radius 1 is 1.45 bits per heavy atom. The first-order chi connectivity index (χ1) is 9.63. The SMILES string of the molecule is CCNc1ncnc(NC(C)c2cccs2)c1[N+](=O)[O-]. The van der Waals surface area contributed by atoms with Gasteiger partial charge in [-0.1, -0.05) is 6.07 Å². The normalized spacial score (nSPS) is 11.9. The van der Waals surface area contributed by atoms with E-state index in [0.717, 1.165) is 4.88 Å². The lowest BCUT2D eigenvalue weighted by Gasteiger charge is -2.13. The Bertz CT molecular complexity index is 588. The Hall–Kier alpha value is -2.22. The van der Waals surface area contributed by atoms with Gasteiger partial charge in [-0.2, -0.15) is 0 Å². The zero-order valence-electron chi connectivity index (χ0n) is 11.2. The zero-order valence-corrected chi connectivity index (χ0v) is 12.0. The van der Waals surface area contributed by atoms with Crippen molar-refractivity contribution >= 4 is 28.7 Å². The first-order valence-corrected chi connectivity index (χ1v) is 7.04. The maximum absolute atomic E-state index is 11.2. The molecule has 8 heteroatoms. The Kier molecular flexibility index (Phi) is 4.46. The van der Waals surface area contributed by atoms with Gasteiger partial charge >= 0.3 is 5.69 Å². The van der Waals surface area contributed by atoms with Crippen LogP contribution in [0.5, 0.6) is 0 Å². The molecule has 2 rings (SSSR count). The quantitative estimate of drug-likeness (QED) is 0.628. The van der Waals surface area contributed by atoms with E-state index in [9.17, 15) is 10.1 Å². The molecule has 0 amide bonds. The molecule has 0 saturated carbocycles. The molecule has 20 heavy (non-hydrogen) atoms. The summed E-state index contributed by atoms with van der Waals surface area (Å²) in [5.41, 5.74) is -0.127. The molecule has 106 valence electrons. The summed E-state index contributed by atoms with van der Waals surface area (Å²) in [6, 6.07) is 3.86. The zero-order chi connectivity index (χ0) is 14.5. The van der Waals surface area contributed by atoms with E-state index in [4.69, 9.17) is 0 Å². The lowest BCUT2D eigenvalue weighted by atomic mass is 10.2. The van der Waals surface area contributed by atoms with Gasteiger partial charge in [0.2, 0.25) is 11.6 Å². The second-order valence-corrected chi connectivity index (χ2v) is 5.07. The summed E-state index contributed by atoms with van der Waals surface area (Å²) >= 11 is 1.59. The summed E-state index contributed by atoms with van der Waals surface area (Å²) in [5, 5.41) is 19.1. The van der Waals surface area contributed by atoms with Crippen LogP contribution in [0.4, 0.5) is 17.3 Å². The van der Waals surface area contributed by atoms with Crippen molar-refractivity contribution in [2.75, 3.05) is 17.2 Å². The van der Waals surface area contributed by atoms with E-state index in [1.165, 1.54) is 6.33 Å². The number of thiophene rings is 1. The van der Waals surface area contributed by atoms with Crippen molar-refractivity contribution in [2.24, 2.45) is 0 Å². The number of hydrogen-bond acceptors (Lipinski definition) is 7. The Morgan fingerprint density at radius 3 is 2.80 bits per heavy atom. The summed E-state index contributed by atoms with van der Waals surface area (Å²) in [5.74, 6) is 0.454. The van der Waals surface area contributed by atoms with Crippen LogP contribution in [-0.4, -0.2) is 21.4 Å². The standard InChI is InChI=1S/C12H15N5O2S/c1-3-13-11-10(17(18)19)12(15-7-14-11)16-8(2)9-5-4-6-20-9/h4-8H,3H2,1-2H3,(H2,13,14,15,16). The minimum atomic E-state index is -0.471. The lowest BCUT2D eigenvalue weighted by Crippen LogP contribution is -2.11. The highest BCUT2D eigenvalue weighted by molar-refractivity contribution is 7.10. The van der Waals surface area contributed by atoms with Crippen LogP contribution >= 0.6 is 11.3 Å². The third-order valence-corrected chi connectivity index (χ3v) is 3.73. The van der Waals surface area contributed by atoms with E-state index in [1.807, 2.05) is 31.4 Å². The number of hydrogen-bond donors (Lipinski definition) is 2. The van der Waals surface area contributed by atoms with Gasteiger partial charge < -0.3 is 10.6 Å². The molecule has 1 unspecified atom stereocenters. The van der Waals surface area contributed by atoms with E-state index in [0.29, 0.717) is 6.54 Å². The molecule has 2 aromatic heterocycles. The van der Waals surface area contributed by atoms with Crippen molar-refractivity contribution in [1.29, 1.82) is 0 Å². The van der Waals surface area contributed by atoms with Gasteiger partial charge in [0, 0.05) is 11.4 Å². The summed E-state index contributed by atoms with van der Waals surface area (Å²) in [6.07, 6.45) is 1.31. The van der Waals surface area contributed by atoms with E-state index in [1.54, 1.807) is 11.3 Å². The minimum absolute atomic E-state index is 0.0573. The van der Waals surface area contributed by atoms with E-state index in [2.05, 4.69) is 20.6 Å². The molecule has 1 atom stereocenters. The minimum Gasteiger partial charge on any atom is -0.364 e. The van der Waals surface area contributed by atoms with Crippen molar-refractivity contribution in [1.82, 2.24) is 9.97 Å². The summed E-state index contributed by atoms with van der Waals surface area (Å²) in [4.78, 5) is 19.8. The molecule has 2 heterocycles. The molecule has 0 spiro atoms. The van der Waals surface area contributed by atoms with Crippen molar-refractivity contribution in [3.05, 3.63) is 38.8 Å². The van der Waals surface area contributed by atoms with E-state index >= 15 is 0 Å². The monoisotopic (exact) mass is 293 g/mol. The summed E-state index contributed by atoms with van der Waals surface area (Å²) in [6.45, 7) is 4.34. The molecule has 0 bridgehead atoms. The van der Waals surface area contributed by atoms with E-state index < -0.39 is 4.92 Å². The number of nitro groups is 1. The fourth-order valence-corrected chi connectivity index (χ4v) is 2.50. The van der Waals surface area contributed by atoms with Crippen LogP contribution in [0.3, 0.4) is 0 Å². The van der Waals surface area contributed by atoms with Crippen LogP contribution in [-0.2, 0) is 0 Å². The largest absolute Gasteiger partial charge is 0.364 e. The van der Waals surface area contributed by atoms with Crippen LogP contribution in [0.25, 0.3) is 0 Å². The molecule has 0 aliphatic carbocycles. The van der Waals surface area contributed by atoms with Gasteiger partial charge in [0.05, 0.1) is 11.0 Å². The molecule has 0 saturated heterocycles. The highest BCUT2D eigenvalue weighted by atomic mass is 32.1. The number of rotatable bonds is 6. The van der Waals surface area contributed by atoms with Gasteiger partial charge in [0.15, 0.2) is 0 Å². The number of nitrogens with one attached hydrogen (secondary N) is 2. The van der Waals surface area contributed by atoms with Gasteiger partial charge in [-0.3, -0.25) is 10.1 Å². The Morgan fingerprint density at radius 2 is 2.20 bits per heavy atom. The van der Waals surface area contributed by atoms with Crippen molar-refractivity contribution in [3.63, 3.8) is 0 Å². The van der Waals surface area contributed by atoms with Crippen LogP contribution in [0.1, 0.15) is 24.8 Å². The maximum atomic E-state index is 11.2. The molecule has 0 fully saturated rings. The van der Waals surface area contributed by atoms with Gasteiger partial charge in [-0.15, -0.1) is 11.3 Å². The second-order valence-electron chi connectivity index (χ2n) is 4.09. The third kappa shape index (κ3) is 3.02. The van der Waals surface area contributed by atoms with Crippen LogP contribution in [0.15, 0.2) is 23.8 Å². The molecule has 0 aliphatic heterocycles. The van der Waals surface area contributed by atoms with Crippen LogP contribution < -0.4 is 10.6 Å². The average molecular weight is 293 g/mol. The van der Waals surface area contributed by atoms with Crippen LogP contribution in [0.2, 0.25) is 0 Å². The summed E-state index contributed by atoms with van der Waals surface area (Å²) in [7, 11) is 0. The van der Waals surface area contributed by atoms with Gasteiger partial charge in [0.25, 0.3) is 0 Å². The maximum Gasteiger partial charge on any atom is 0.353 e. The molecular weight excluding hydrogens is 278 g/mol. The average Bonchev–Trinajstić information content (AvgIpc) is 2.92. The second kappa shape index (κ2) is 6.29. The predicted octanol–water partition coefficient (Wildman–Crippen LogP) is 3.05. The molecule has 2 aromatic rings. The van der Waals surface area contributed by atoms with E-state index in [-0.39, 0.29) is 23.4 Å². The number of anilines is 2. The molecular formula is C12H15N5O2S. The lowest BCUT2D eigenvalue weighted by molar-refractivity contribution is -0.383. The van der Waals surface area contributed by atoms with Crippen molar-refractivity contribution in [2.45, 2.75) is 19.9 Å². The van der Waals surface area contributed by atoms with Gasteiger partial charge in [-0.05, 0) is 25.3 Å². The molecule has 7 nitrogen and oxygen atoms in total. The van der Waals surface area contributed by atoms with Crippen molar-refractivity contribution < 1.29 is 4.92 Å². The van der Waals surface area contributed by atoms with Crippen molar-refractivity contribution in [3.8, 4) is 0 Å². The first-order valence-electron chi connectivity index (χ1n) is 6.16. The molecule has 2 N–H and O–H groups in total. The Balaban J connectivity index is 2.31. The summed E-state index contributed by atoms with van der Waals surface area (Å²) < 4.78 is 0. The fourth-order valence-electron chi connectivity index (χ4n) is 1.77. The molecule has 0 aliphatic rings. The number of nitrogens with zero attached hydrogens (tertiary/aromatic N) is 3. The van der Waals surface area contributed by atoms with Gasteiger partial charge in [0.1, 0.15) is 6.33 Å². The highest BCUT2D eigenvalue weighted by Gasteiger charge is 2.23. The topological polar surface area (TPSA) is 93.0 Å². The smallest absolute Gasteiger partial charge is 0.353 e. The fraction of sp³-hybridized carbons (Fsp3) is 0.333. The number of aromatic nitrogens is 2. The molecule has 0 radical (unpaired) electrons. The predicted molar refractivity (Wildman–Crippen MR) is 79.2 cm³/mol. The first kappa shape index (κ1) is 14.2. The van der Waals surface area contributed by atoms with Gasteiger partial charge in [-0.25, -0.2) is 9.97 Å². The highest BCUT2D eigenvalue weighted by Crippen LogP contribution is 2.32. The third-order valence-electron chi connectivity index (χ3n) is 2.67. The van der Waals surface area contributed by atoms with Crippen LogP contribution in [0, 0.1) is 10.1 Å². The molecule has 0 aromatic carbocycles. The Labute approximate surface area is 120 Å².